The monoisotopic (exact) mass is 360 g/mol. The molecule has 0 bridgehead atoms. The first-order valence-corrected chi connectivity index (χ1v) is 10.0. The van der Waals surface area contributed by atoms with Crippen molar-refractivity contribution in [2.75, 3.05) is 45.2 Å². The van der Waals surface area contributed by atoms with Crippen molar-refractivity contribution < 1.29 is 0 Å². The molecule has 6 heteroatoms. The predicted molar refractivity (Wildman–Crippen MR) is 111 cm³/mol. The molecule has 26 heavy (non-hydrogen) atoms. The van der Waals surface area contributed by atoms with Crippen molar-refractivity contribution in [3.63, 3.8) is 0 Å². The topological polar surface area (TPSA) is 55.8 Å². The number of piperidine rings is 1. The fourth-order valence-corrected chi connectivity index (χ4v) is 3.16. The van der Waals surface area contributed by atoms with Gasteiger partial charge in [-0.05, 0) is 44.9 Å². The van der Waals surface area contributed by atoms with Gasteiger partial charge >= 0.3 is 0 Å². The van der Waals surface area contributed by atoms with Crippen LogP contribution in [-0.2, 0) is 6.54 Å². The van der Waals surface area contributed by atoms with E-state index in [9.17, 15) is 0 Å². The Bertz CT molecular complexity index is 549. The van der Waals surface area contributed by atoms with Crippen LogP contribution in [0.3, 0.4) is 0 Å². The third kappa shape index (κ3) is 6.83. The van der Waals surface area contributed by atoms with Gasteiger partial charge in [0.1, 0.15) is 5.82 Å². The van der Waals surface area contributed by atoms with E-state index >= 15 is 0 Å². The van der Waals surface area contributed by atoms with Gasteiger partial charge in [0.2, 0.25) is 0 Å². The number of nitrogens with one attached hydrogen (secondary N) is 2. The molecule has 0 unspecified atom stereocenters. The fourth-order valence-electron chi connectivity index (χ4n) is 3.16. The van der Waals surface area contributed by atoms with E-state index in [1.54, 1.807) is 0 Å². The van der Waals surface area contributed by atoms with Crippen molar-refractivity contribution in [1.82, 2.24) is 20.5 Å². The smallest absolute Gasteiger partial charge is 0.191 e. The highest BCUT2D eigenvalue weighted by atomic mass is 15.2. The summed E-state index contributed by atoms with van der Waals surface area (Å²) in [4.78, 5) is 14.0. The van der Waals surface area contributed by atoms with Gasteiger partial charge in [-0.2, -0.15) is 0 Å². The Hall–Kier alpha value is -1.82. The quantitative estimate of drug-likeness (QED) is 0.551. The maximum absolute atomic E-state index is 4.75. The summed E-state index contributed by atoms with van der Waals surface area (Å²) in [6.45, 7) is 9.43. The number of likely N-dealkylation sites (tertiary alicyclic amines) is 1. The zero-order valence-electron chi connectivity index (χ0n) is 17.0. The van der Waals surface area contributed by atoms with E-state index in [0.29, 0.717) is 12.6 Å². The lowest BCUT2D eigenvalue weighted by Gasteiger charge is -2.33. The van der Waals surface area contributed by atoms with E-state index in [4.69, 9.17) is 4.99 Å². The Labute approximate surface area is 159 Å². The number of pyridine rings is 1. The molecule has 0 aliphatic carbocycles. The average Bonchev–Trinajstić information content (AvgIpc) is 2.66. The molecule has 6 nitrogen and oxygen atoms in total. The average molecular weight is 361 g/mol. The Kier molecular flexibility index (Phi) is 8.68. The number of hydrogen-bond donors (Lipinski definition) is 2. The summed E-state index contributed by atoms with van der Waals surface area (Å²) in [6, 6.07) is 6.60. The highest BCUT2D eigenvalue weighted by Crippen LogP contribution is 2.12. The van der Waals surface area contributed by atoms with Crippen molar-refractivity contribution in [2.24, 2.45) is 4.99 Å². The molecule has 0 aromatic carbocycles. The second kappa shape index (κ2) is 11.0. The summed E-state index contributed by atoms with van der Waals surface area (Å²) in [5.41, 5.74) is 0.989. The molecule has 2 heterocycles. The van der Waals surface area contributed by atoms with Gasteiger partial charge in [-0.25, -0.2) is 9.98 Å². The molecule has 2 rings (SSSR count). The molecule has 0 spiro atoms. The van der Waals surface area contributed by atoms with Crippen LogP contribution in [0.4, 0.5) is 5.82 Å². The second-order valence-corrected chi connectivity index (χ2v) is 7.19. The maximum Gasteiger partial charge on any atom is 0.191 e. The Morgan fingerprint density at radius 3 is 2.69 bits per heavy atom. The number of aromatic nitrogens is 1. The lowest BCUT2D eigenvalue weighted by Crippen LogP contribution is -2.48. The number of anilines is 1. The van der Waals surface area contributed by atoms with Crippen LogP contribution in [0, 0.1) is 0 Å². The molecule has 0 atom stereocenters. The number of rotatable bonds is 8. The minimum Gasteiger partial charge on any atom is -0.363 e. The fraction of sp³-hybridized carbons (Fsp3) is 0.700. The van der Waals surface area contributed by atoms with Crippen molar-refractivity contribution >= 4 is 11.8 Å². The largest absolute Gasteiger partial charge is 0.363 e. The Morgan fingerprint density at radius 1 is 1.27 bits per heavy atom. The van der Waals surface area contributed by atoms with Crippen LogP contribution in [0.1, 0.15) is 45.2 Å². The van der Waals surface area contributed by atoms with Gasteiger partial charge in [0, 0.05) is 39.8 Å². The second-order valence-electron chi connectivity index (χ2n) is 7.19. The zero-order valence-corrected chi connectivity index (χ0v) is 17.0. The third-order valence-electron chi connectivity index (χ3n) is 4.75. The molecular formula is C20H36N6. The minimum atomic E-state index is 0.506. The molecule has 0 amide bonds. The summed E-state index contributed by atoms with van der Waals surface area (Å²) < 4.78 is 0. The Morgan fingerprint density at radius 2 is 2.04 bits per heavy atom. The molecule has 1 aliphatic rings. The normalized spacial score (nSPS) is 16.5. The van der Waals surface area contributed by atoms with Crippen LogP contribution < -0.4 is 15.5 Å². The molecule has 1 fully saturated rings. The van der Waals surface area contributed by atoms with E-state index in [1.807, 2.05) is 37.2 Å². The van der Waals surface area contributed by atoms with Gasteiger partial charge in [-0.1, -0.05) is 19.4 Å². The van der Waals surface area contributed by atoms with E-state index in [0.717, 1.165) is 24.0 Å². The SMILES string of the molecule is CCCCN1CCC(NC(=NCc2cccc(N(C)C)n2)NCC)CC1. The Balaban J connectivity index is 1.88. The highest BCUT2D eigenvalue weighted by molar-refractivity contribution is 5.80. The zero-order chi connectivity index (χ0) is 18.8. The summed E-state index contributed by atoms with van der Waals surface area (Å²) in [5.74, 6) is 1.87. The highest BCUT2D eigenvalue weighted by Gasteiger charge is 2.19. The third-order valence-corrected chi connectivity index (χ3v) is 4.75. The summed E-state index contributed by atoms with van der Waals surface area (Å²) in [6.07, 6.45) is 4.95. The number of aliphatic imine (C=N–C) groups is 1. The van der Waals surface area contributed by atoms with E-state index in [2.05, 4.69) is 34.4 Å². The molecule has 1 aromatic heterocycles. The maximum atomic E-state index is 4.75. The van der Waals surface area contributed by atoms with Crippen molar-refractivity contribution in [3.05, 3.63) is 23.9 Å². The first kappa shape index (κ1) is 20.5. The molecular weight excluding hydrogens is 324 g/mol. The van der Waals surface area contributed by atoms with Crippen LogP contribution in [0.15, 0.2) is 23.2 Å². The van der Waals surface area contributed by atoms with Crippen molar-refractivity contribution in [3.8, 4) is 0 Å². The molecule has 0 radical (unpaired) electrons. The standard InChI is InChI=1S/C20H36N6/c1-5-7-13-26-14-11-17(12-15-26)24-20(21-6-2)22-16-18-9-8-10-19(23-18)25(3)4/h8-10,17H,5-7,11-16H2,1-4H3,(H2,21,22,24). The van der Waals surface area contributed by atoms with E-state index in [-0.39, 0.29) is 0 Å². The van der Waals surface area contributed by atoms with Crippen molar-refractivity contribution in [2.45, 2.75) is 52.1 Å². The van der Waals surface area contributed by atoms with Gasteiger partial charge in [0.15, 0.2) is 5.96 Å². The summed E-state index contributed by atoms with van der Waals surface area (Å²) in [7, 11) is 4.02. The molecule has 1 aliphatic heterocycles. The number of guanidine groups is 1. The summed E-state index contributed by atoms with van der Waals surface area (Å²) >= 11 is 0. The molecule has 1 aromatic rings. The van der Waals surface area contributed by atoms with Gasteiger partial charge in [-0.3, -0.25) is 0 Å². The molecule has 0 saturated carbocycles. The van der Waals surface area contributed by atoms with E-state index < -0.39 is 0 Å². The molecule has 146 valence electrons. The van der Waals surface area contributed by atoms with E-state index in [1.165, 1.54) is 45.3 Å². The van der Waals surface area contributed by atoms with Crippen LogP contribution in [0.2, 0.25) is 0 Å². The van der Waals surface area contributed by atoms with Crippen LogP contribution in [-0.4, -0.2) is 62.2 Å². The predicted octanol–water partition coefficient (Wildman–Crippen LogP) is 2.47. The molecule has 1 saturated heterocycles. The van der Waals surface area contributed by atoms with Crippen LogP contribution >= 0.6 is 0 Å². The first-order chi connectivity index (χ1) is 12.6. The van der Waals surface area contributed by atoms with Crippen molar-refractivity contribution in [1.29, 1.82) is 0 Å². The lowest BCUT2D eigenvalue weighted by molar-refractivity contribution is 0.203. The van der Waals surface area contributed by atoms with Gasteiger partial charge in [-0.15, -0.1) is 0 Å². The number of hydrogen-bond acceptors (Lipinski definition) is 4. The lowest BCUT2D eigenvalue weighted by atomic mass is 10.0. The first-order valence-electron chi connectivity index (χ1n) is 10.0. The minimum absolute atomic E-state index is 0.506. The van der Waals surface area contributed by atoms with Gasteiger partial charge < -0.3 is 20.4 Å². The van der Waals surface area contributed by atoms with Crippen LogP contribution in [0.5, 0.6) is 0 Å². The van der Waals surface area contributed by atoms with Crippen LogP contribution in [0.25, 0.3) is 0 Å². The van der Waals surface area contributed by atoms with Gasteiger partial charge in [0.05, 0.1) is 12.2 Å². The molecule has 2 N–H and O–H groups in total. The van der Waals surface area contributed by atoms with Gasteiger partial charge in [0.25, 0.3) is 0 Å². The number of unbranched alkanes of at least 4 members (excludes halogenated alkanes) is 1. The summed E-state index contributed by atoms with van der Waals surface area (Å²) in [5, 5.41) is 6.99. The number of nitrogens with zero attached hydrogens (tertiary/aromatic N) is 4.